The van der Waals surface area contributed by atoms with Gasteiger partial charge in [0, 0.05) is 79.0 Å². The quantitative estimate of drug-likeness (QED) is 0.0207. The number of nitrogens with one attached hydrogen (secondary N) is 4. The number of fused-ring (bicyclic) bond motifs is 8. The lowest BCUT2D eigenvalue weighted by Gasteiger charge is -2.39. The van der Waals surface area contributed by atoms with Gasteiger partial charge in [0.05, 0.1) is 58.5 Å². The molecule has 4 fully saturated rings. The average molecular weight is 1500 g/mol. The van der Waals surface area contributed by atoms with E-state index in [1.807, 2.05) is 121 Å². The van der Waals surface area contributed by atoms with Crippen LogP contribution < -0.4 is 40.3 Å². The molecule has 0 amide bonds. The summed E-state index contributed by atoms with van der Waals surface area (Å²) in [6.07, 6.45) is -27.1. The third-order valence-electron chi connectivity index (χ3n) is 19.9. The Morgan fingerprint density at radius 1 is 0.287 bits per heavy atom. The summed E-state index contributed by atoms with van der Waals surface area (Å²) >= 11 is 0. The summed E-state index contributed by atoms with van der Waals surface area (Å²) in [6.45, 7) is -2.87. The molecule has 4 aliphatic heterocycles. The first-order valence-corrected chi connectivity index (χ1v) is 35.6. The van der Waals surface area contributed by atoms with E-state index >= 15 is 0 Å². The van der Waals surface area contributed by atoms with E-state index in [4.69, 9.17) is 52.1 Å². The molecule has 580 valence electrons. The zero-order valence-corrected chi connectivity index (χ0v) is 58.2. The average Bonchev–Trinajstić information content (AvgIpc) is 1.66. The maximum absolute atomic E-state index is 10.8. The maximum Gasteiger partial charge on any atom is 0.186 e. The molecule has 20 atom stereocenters. The van der Waals surface area contributed by atoms with Gasteiger partial charge in [0.1, 0.15) is 135 Å². The van der Waals surface area contributed by atoms with Crippen LogP contribution in [0.15, 0.2) is 146 Å². The number of hydrogen-bond acceptors (Lipinski definition) is 27. The number of aliphatic hydroxyl groups is 16. The van der Waals surface area contributed by atoms with E-state index in [9.17, 15) is 81.7 Å². The number of rotatable bonds is 28. The zero-order chi connectivity index (χ0) is 75.9. The van der Waals surface area contributed by atoms with E-state index < -0.39 is 149 Å². The number of ether oxygens (including phenoxy) is 11. The van der Waals surface area contributed by atoms with Crippen LogP contribution in [-0.2, 0) is 33.2 Å². The van der Waals surface area contributed by atoms with Gasteiger partial charge in [-0.1, -0.05) is 48.5 Å². The fourth-order valence-corrected chi connectivity index (χ4v) is 14.1. The number of H-pyrrole nitrogens is 4. The lowest BCUT2D eigenvalue weighted by molar-refractivity contribution is -0.301. The van der Waals surface area contributed by atoms with Crippen LogP contribution in [0.3, 0.4) is 0 Å². The van der Waals surface area contributed by atoms with Crippen LogP contribution in [0, 0.1) is 5.92 Å². The van der Waals surface area contributed by atoms with Crippen molar-refractivity contribution in [1.82, 2.24) is 19.9 Å². The van der Waals surface area contributed by atoms with Gasteiger partial charge in [-0.05, 0) is 126 Å². The predicted octanol–water partition coefficient (Wildman–Crippen LogP) is -4.25. The van der Waals surface area contributed by atoms with Gasteiger partial charge in [-0.25, -0.2) is 0 Å². The van der Waals surface area contributed by atoms with Crippen molar-refractivity contribution < 1.29 is 134 Å². The van der Waals surface area contributed by atoms with E-state index in [-0.39, 0.29) is 59.3 Å². The Hall–Kier alpha value is -8.24. The van der Waals surface area contributed by atoms with Gasteiger partial charge < -0.3 is 154 Å². The minimum Gasteiger partial charge on any atom is -0.491 e. The molecule has 5 aliphatic rings. The molecule has 13 rings (SSSR count). The van der Waals surface area contributed by atoms with Crippen molar-refractivity contribution in [3.63, 3.8) is 0 Å². The van der Waals surface area contributed by atoms with Crippen molar-refractivity contribution in [2.24, 2.45) is 5.92 Å². The summed E-state index contributed by atoms with van der Waals surface area (Å²) in [6, 6.07) is 45.1. The summed E-state index contributed by atoms with van der Waals surface area (Å²) in [7, 11) is 0. The number of aliphatic hydroxyl groups excluding tert-OH is 16. The molecule has 31 heteroatoms. The predicted molar refractivity (Wildman–Crippen MR) is 378 cm³/mol. The van der Waals surface area contributed by atoms with Crippen molar-refractivity contribution in [2.45, 2.75) is 123 Å². The summed E-state index contributed by atoms with van der Waals surface area (Å²) in [5.41, 5.74) is 8.04. The minimum atomic E-state index is -1.64. The summed E-state index contributed by atoms with van der Waals surface area (Å²) < 4.78 is 65.1. The monoisotopic (exact) mass is 1500 g/mol. The second-order valence-corrected chi connectivity index (χ2v) is 26.9. The minimum absolute atomic E-state index is 0.0126. The zero-order valence-electron chi connectivity index (χ0n) is 58.2. The van der Waals surface area contributed by atoms with Crippen LogP contribution in [0.2, 0.25) is 0 Å². The van der Waals surface area contributed by atoms with Crippen LogP contribution in [0.25, 0.3) is 22.3 Å². The third-order valence-corrected chi connectivity index (χ3v) is 19.9. The van der Waals surface area contributed by atoms with Gasteiger partial charge in [-0.3, -0.25) is 0 Å². The molecule has 4 aromatic carbocycles. The van der Waals surface area contributed by atoms with Crippen LogP contribution in [0.4, 0.5) is 0 Å². The number of benzene rings is 4. The fraction of sp³-hybridized carbons (Fsp3) is 0.429. The molecular formula is C77H90N4O27. The maximum atomic E-state index is 10.8. The lowest BCUT2D eigenvalue weighted by atomic mass is 9.81. The lowest BCUT2D eigenvalue weighted by Crippen LogP contribution is -2.59. The van der Waals surface area contributed by atoms with E-state index in [0.717, 1.165) is 0 Å². The summed E-state index contributed by atoms with van der Waals surface area (Å²) in [5.74, 6) is 1.01. The molecule has 108 heavy (non-hydrogen) atoms. The van der Waals surface area contributed by atoms with Crippen molar-refractivity contribution in [2.75, 3.05) is 79.3 Å². The summed E-state index contributed by atoms with van der Waals surface area (Å²) in [4.78, 5) is 15.0. The van der Waals surface area contributed by atoms with Gasteiger partial charge in [-0.2, -0.15) is 0 Å². The van der Waals surface area contributed by atoms with Gasteiger partial charge in [0.2, 0.25) is 0 Å². The second kappa shape index (κ2) is 35.2. The molecule has 4 aromatic heterocycles. The largest absolute Gasteiger partial charge is 0.491 e. The number of hydrogen-bond donors (Lipinski definition) is 20. The SMILES string of the molecule is OC[C@H]1C[C@@H](OCCOc2cccc(C3=c4ccc([nH]4)=C(c4cccc(OCCO[C@@H]5O[C@H](CO)[C@@H](O)[C@H](O)[C@H]5O)c4)c4ccc([nH]4)C(c4cccc(OCCO[C@@H]5O[C@H](CO)[C@@H](O)[C@H](O)[C@H]5O)c4)=c4ccc([nH]4)=C(c4cccc(OCCO[C@@H]5O[C@H](CO)[C@@H](O)[C@H](O)[C@H]5O)c4)c4ccc3[nH]4)c2)[C@H](O)[C@@H](O)[C@@H]1O. The van der Waals surface area contributed by atoms with Crippen LogP contribution in [-0.4, -0.2) is 297 Å². The van der Waals surface area contributed by atoms with Crippen molar-refractivity contribution in [3.8, 4) is 23.0 Å². The molecule has 8 bridgehead atoms. The van der Waals surface area contributed by atoms with Crippen LogP contribution in [0.5, 0.6) is 23.0 Å². The van der Waals surface area contributed by atoms with E-state index in [2.05, 4.69) is 19.9 Å². The van der Waals surface area contributed by atoms with Gasteiger partial charge in [-0.15, -0.1) is 0 Å². The van der Waals surface area contributed by atoms with E-state index in [0.29, 0.717) is 112 Å². The normalized spacial score (nSPS) is 29.5. The first kappa shape index (κ1) is 77.9. The second-order valence-electron chi connectivity index (χ2n) is 26.9. The molecule has 20 N–H and O–H groups in total. The molecule has 31 nitrogen and oxygen atoms in total. The molecule has 8 aromatic rings. The topological polar surface area (TPSA) is 488 Å². The first-order valence-electron chi connectivity index (χ1n) is 35.6. The Labute approximate surface area is 616 Å². The third kappa shape index (κ3) is 17.0. The molecule has 1 aliphatic carbocycles. The van der Waals surface area contributed by atoms with Crippen molar-refractivity contribution in [1.29, 1.82) is 0 Å². The van der Waals surface area contributed by atoms with Crippen molar-refractivity contribution in [3.05, 3.63) is 212 Å². The van der Waals surface area contributed by atoms with Crippen LogP contribution in [0.1, 0.15) is 51.5 Å². The molecule has 1 saturated carbocycles. The smallest absolute Gasteiger partial charge is 0.186 e. The fourth-order valence-electron chi connectivity index (χ4n) is 14.1. The van der Waals surface area contributed by atoms with Gasteiger partial charge >= 0.3 is 0 Å². The highest BCUT2D eigenvalue weighted by molar-refractivity contribution is 5.85. The van der Waals surface area contributed by atoms with Gasteiger partial charge in [0.25, 0.3) is 0 Å². The molecule has 8 heterocycles. The molecular weight excluding hydrogens is 1410 g/mol. The Morgan fingerprint density at radius 2 is 0.574 bits per heavy atom. The first-order chi connectivity index (χ1) is 52.3. The van der Waals surface area contributed by atoms with E-state index in [1.54, 1.807) is 24.3 Å². The highest BCUT2D eigenvalue weighted by Gasteiger charge is 2.47. The van der Waals surface area contributed by atoms with Crippen LogP contribution >= 0.6 is 0 Å². The standard InChI is InChI=1S/C77H90N4O27/c82-34-42-33-55(64(87)68(91)63(42)86)102-25-21-98-43-9-1-5-38(29-43)59-47-13-15-49(78-47)60(39-6-2-10-44(30-39)99-22-26-103-75-72(95)69(92)65(88)56(35-83)106-75)51-17-19-53(80-51)62(41-8-4-12-46(32-41)101-24-28-105-77-74(97)71(94)67(90)58(37-85)108-77)54-20-18-52(81-54)61(50-16-14-48(59)79-50)40-7-3-11-45(31-40)100-23-27-104-76-73(96)70(93)66(89)57(36-84)107-76/h1-20,29-32,42,55-58,63-97H,21-28,33-37H2/t42-,55-,56-,57-,58-,63-,64+,65-,66-,67-,68+,69+,70+,71+,72-,73-,74-,75-,76-,77-/m1/s1. The Bertz CT molecular complexity index is 4000. The summed E-state index contributed by atoms with van der Waals surface area (Å²) in [5, 5.41) is 168. The number of aromatic nitrogens is 4. The number of aromatic amines is 4. The molecule has 0 unspecified atom stereocenters. The molecule has 0 radical (unpaired) electrons. The Balaban J connectivity index is 0.895. The highest BCUT2D eigenvalue weighted by Crippen LogP contribution is 2.34. The Morgan fingerprint density at radius 3 is 0.861 bits per heavy atom. The molecule has 0 spiro atoms. The van der Waals surface area contributed by atoms with Crippen molar-refractivity contribution >= 4 is 22.3 Å². The molecule has 3 saturated heterocycles. The van der Waals surface area contributed by atoms with E-state index in [1.165, 1.54) is 0 Å². The highest BCUT2D eigenvalue weighted by atomic mass is 16.7. The Kier molecular flexibility index (Phi) is 25.4. The van der Waals surface area contributed by atoms with Gasteiger partial charge in [0.15, 0.2) is 18.9 Å².